The molecule has 0 aromatic heterocycles. The number of nitrogens with one attached hydrogen (secondary N) is 2. The van der Waals surface area contributed by atoms with Gasteiger partial charge in [-0.15, -0.1) is 0 Å². The number of hydrogen-bond acceptors (Lipinski definition) is 4. The highest BCUT2D eigenvalue weighted by molar-refractivity contribution is 7.89. The Kier molecular flexibility index (Phi) is 5.57. The number of nitrogens with two attached hydrogens (primary N) is 1. The Bertz CT molecular complexity index is 949. The standard InChI is InChI=1S/C19H21N3O4S/c20-18(23)13-8-10-15(11-9-13)21-19(24)14-4-3-7-17(12-14)27(25,26)22-16-5-1-2-6-16/h3-4,7-12,16,22H,1-2,5-6H2,(H2,20,23)(H,21,24). The van der Waals surface area contributed by atoms with Crippen LogP contribution in [0.2, 0.25) is 0 Å². The maximum atomic E-state index is 12.5. The Hall–Kier alpha value is -2.71. The second-order valence-electron chi connectivity index (χ2n) is 6.53. The summed E-state index contributed by atoms with van der Waals surface area (Å²) in [5.74, 6) is -1.000. The molecular weight excluding hydrogens is 366 g/mol. The molecular formula is C19H21N3O4S. The van der Waals surface area contributed by atoms with Crippen molar-refractivity contribution in [1.29, 1.82) is 0 Å². The minimum Gasteiger partial charge on any atom is -0.366 e. The molecule has 1 aliphatic rings. The van der Waals surface area contributed by atoms with E-state index in [1.807, 2.05) is 0 Å². The molecule has 0 radical (unpaired) electrons. The summed E-state index contributed by atoms with van der Waals surface area (Å²) in [4.78, 5) is 23.6. The van der Waals surface area contributed by atoms with Gasteiger partial charge < -0.3 is 11.1 Å². The fraction of sp³-hybridized carbons (Fsp3) is 0.263. The van der Waals surface area contributed by atoms with E-state index in [2.05, 4.69) is 10.0 Å². The van der Waals surface area contributed by atoms with E-state index in [1.165, 1.54) is 30.3 Å². The summed E-state index contributed by atoms with van der Waals surface area (Å²) in [5.41, 5.74) is 6.21. The van der Waals surface area contributed by atoms with Crippen molar-refractivity contribution in [2.75, 3.05) is 5.32 Å². The normalized spacial score (nSPS) is 14.8. The Morgan fingerprint density at radius 1 is 0.963 bits per heavy atom. The van der Waals surface area contributed by atoms with Crippen molar-refractivity contribution in [3.05, 3.63) is 59.7 Å². The number of sulfonamides is 1. The molecule has 2 aromatic rings. The largest absolute Gasteiger partial charge is 0.366 e. The summed E-state index contributed by atoms with van der Waals surface area (Å²) in [5, 5.41) is 2.67. The quantitative estimate of drug-likeness (QED) is 0.704. The van der Waals surface area contributed by atoms with Gasteiger partial charge in [0.25, 0.3) is 5.91 Å². The maximum absolute atomic E-state index is 12.5. The molecule has 0 unspecified atom stereocenters. The highest BCUT2D eigenvalue weighted by Gasteiger charge is 2.23. The molecule has 27 heavy (non-hydrogen) atoms. The Morgan fingerprint density at radius 2 is 1.63 bits per heavy atom. The molecule has 3 rings (SSSR count). The average Bonchev–Trinajstić information content (AvgIpc) is 3.14. The summed E-state index contributed by atoms with van der Waals surface area (Å²) in [7, 11) is -3.67. The lowest BCUT2D eigenvalue weighted by molar-refractivity contribution is 0.0998. The number of amides is 2. The number of primary amides is 1. The molecule has 0 atom stereocenters. The molecule has 1 fully saturated rings. The number of rotatable bonds is 6. The topological polar surface area (TPSA) is 118 Å². The second kappa shape index (κ2) is 7.89. The van der Waals surface area contributed by atoms with Crippen LogP contribution < -0.4 is 15.8 Å². The molecule has 4 N–H and O–H groups in total. The first-order chi connectivity index (χ1) is 12.8. The van der Waals surface area contributed by atoms with Gasteiger partial charge in [-0.05, 0) is 55.3 Å². The van der Waals surface area contributed by atoms with Crippen LogP contribution in [-0.4, -0.2) is 26.3 Å². The van der Waals surface area contributed by atoms with Crippen molar-refractivity contribution in [3.8, 4) is 0 Å². The zero-order valence-electron chi connectivity index (χ0n) is 14.6. The van der Waals surface area contributed by atoms with Gasteiger partial charge in [0.15, 0.2) is 0 Å². The SMILES string of the molecule is NC(=O)c1ccc(NC(=O)c2cccc(S(=O)(=O)NC3CCCC3)c2)cc1. The van der Waals surface area contributed by atoms with Crippen LogP contribution in [-0.2, 0) is 10.0 Å². The number of benzene rings is 2. The van der Waals surface area contributed by atoms with Crippen LogP contribution in [0.5, 0.6) is 0 Å². The van der Waals surface area contributed by atoms with E-state index < -0.39 is 21.8 Å². The van der Waals surface area contributed by atoms with E-state index in [4.69, 9.17) is 5.73 Å². The molecule has 7 nitrogen and oxygen atoms in total. The molecule has 142 valence electrons. The summed E-state index contributed by atoms with van der Waals surface area (Å²) in [6.07, 6.45) is 3.70. The summed E-state index contributed by atoms with van der Waals surface area (Å²) in [6, 6.07) is 12.0. The fourth-order valence-corrected chi connectivity index (χ4v) is 4.41. The van der Waals surface area contributed by atoms with Gasteiger partial charge in [-0.3, -0.25) is 9.59 Å². The molecule has 0 heterocycles. The molecule has 0 bridgehead atoms. The van der Waals surface area contributed by atoms with E-state index >= 15 is 0 Å². The van der Waals surface area contributed by atoms with Crippen LogP contribution in [0.1, 0.15) is 46.4 Å². The zero-order chi connectivity index (χ0) is 19.4. The van der Waals surface area contributed by atoms with Crippen molar-refractivity contribution >= 4 is 27.5 Å². The van der Waals surface area contributed by atoms with E-state index in [9.17, 15) is 18.0 Å². The van der Waals surface area contributed by atoms with Crippen molar-refractivity contribution in [1.82, 2.24) is 4.72 Å². The summed E-state index contributed by atoms with van der Waals surface area (Å²) in [6.45, 7) is 0. The average molecular weight is 387 g/mol. The van der Waals surface area contributed by atoms with Crippen LogP contribution in [0.4, 0.5) is 5.69 Å². The first kappa shape index (κ1) is 19.1. The lowest BCUT2D eigenvalue weighted by Crippen LogP contribution is -2.32. The minimum absolute atomic E-state index is 0.0451. The van der Waals surface area contributed by atoms with Crippen molar-refractivity contribution < 1.29 is 18.0 Å². The molecule has 1 saturated carbocycles. The lowest BCUT2D eigenvalue weighted by Gasteiger charge is -2.13. The molecule has 8 heteroatoms. The highest BCUT2D eigenvalue weighted by atomic mass is 32.2. The van der Waals surface area contributed by atoms with E-state index in [1.54, 1.807) is 18.2 Å². The third-order valence-electron chi connectivity index (χ3n) is 4.51. The van der Waals surface area contributed by atoms with Gasteiger partial charge in [0.1, 0.15) is 0 Å². The van der Waals surface area contributed by atoms with Gasteiger partial charge >= 0.3 is 0 Å². The molecule has 0 spiro atoms. The highest BCUT2D eigenvalue weighted by Crippen LogP contribution is 2.21. The number of anilines is 1. The first-order valence-electron chi connectivity index (χ1n) is 8.69. The van der Waals surface area contributed by atoms with Crippen molar-refractivity contribution in [2.45, 2.75) is 36.6 Å². The van der Waals surface area contributed by atoms with E-state index in [0.29, 0.717) is 11.3 Å². The second-order valence-corrected chi connectivity index (χ2v) is 8.24. The molecule has 2 aromatic carbocycles. The monoisotopic (exact) mass is 387 g/mol. The number of carbonyl (C=O) groups excluding carboxylic acids is 2. The smallest absolute Gasteiger partial charge is 0.255 e. The van der Waals surface area contributed by atoms with Crippen molar-refractivity contribution in [3.63, 3.8) is 0 Å². The van der Waals surface area contributed by atoms with Crippen LogP contribution in [0.15, 0.2) is 53.4 Å². The number of carbonyl (C=O) groups is 2. The van der Waals surface area contributed by atoms with Gasteiger partial charge in [0.2, 0.25) is 15.9 Å². The Balaban J connectivity index is 1.74. The van der Waals surface area contributed by atoms with Crippen molar-refractivity contribution in [2.24, 2.45) is 5.73 Å². The lowest BCUT2D eigenvalue weighted by atomic mass is 10.2. The van der Waals surface area contributed by atoms with Crippen LogP contribution in [0.25, 0.3) is 0 Å². The van der Waals surface area contributed by atoms with Crippen LogP contribution in [0, 0.1) is 0 Å². The summed E-state index contributed by atoms with van der Waals surface area (Å²) < 4.78 is 27.8. The van der Waals surface area contributed by atoms with Gasteiger partial charge in [-0.25, -0.2) is 13.1 Å². The molecule has 1 aliphatic carbocycles. The van der Waals surface area contributed by atoms with E-state index in [0.717, 1.165) is 25.7 Å². The third kappa shape index (κ3) is 4.72. The predicted octanol–water partition coefficient (Wildman–Crippen LogP) is 2.26. The summed E-state index contributed by atoms with van der Waals surface area (Å²) >= 11 is 0. The molecule has 0 saturated heterocycles. The first-order valence-corrected chi connectivity index (χ1v) is 10.2. The van der Waals surface area contributed by atoms with Crippen LogP contribution in [0.3, 0.4) is 0 Å². The van der Waals surface area contributed by atoms with Crippen LogP contribution >= 0.6 is 0 Å². The van der Waals surface area contributed by atoms with E-state index in [-0.39, 0.29) is 16.5 Å². The maximum Gasteiger partial charge on any atom is 0.255 e. The minimum atomic E-state index is -3.67. The molecule has 2 amide bonds. The zero-order valence-corrected chi connectivity index (χ0v) is 15.5. The fourth-order valence-electron chi connectivity index (χ4n) is 3.06. The number of hydrogen-bond donors (Lipinski definition) is 3. The molecule has 0 aliphatic heterocycles. The predicted molar refractivity (Wildman–Crippen MR) is 102 cm³/mol. The Morgan fingerprint density at radius 3 is 2.26 bits per heavy atom. The Labute approximate surface area is 158 Å². The van der Waals surface area contributed by atoms with Gasteiger partial charge in [0.05, 0.1) is 4.90 Å². The van der Waals surface area contributed by atoms with Gasteiger partial charge in [-0.2, -0.15) is 0 Å². The third-order valence-corrected chi connectivity index (χ3v) is 6.03. The van der Waals surface area contributed by atoms with Gasteiger partial charge in [0, 0.05) is 22.9 Å². The van der Waals surface area contributed by atoms with Gasteiger partial charge in [-0.1, -0.05) is 18.9 Å².